The standard InChI is InChI=1S/C46H33N5/c1-29-16-22-43-39(24-29)36-10-2-4-14-41(36)50(43)34-20-18-31(19-21-34)35-12-6-8-32(27-48)45(35)38-13-7-9-33(28-49)46(38)51-42-15-5-3-11-37(42)40-25-30(26-47)17-23-44(40)51/h2-3,5-6,8-12,15-23,25,29H,4,7,13-14,24H2,1H3. The molecule has 3 aliphatic rings. The number of hydrogen-bond donors (Lipinski definition) is 0. The summed E-state index contributed by atoms with van der Waals surface area (Å²) in [5.74, 6) is 0.522. The van der Waals surface area contributed by atoms with E-state index in [4.69, 9.17) is 0 Å². The molecule has 0 radical (unpaired) electrons. The molecule has 0 spiro atoms. The largest absolute Gasteiger partial charge is 0.313 e. The van der Waals surface area contributed by atoms with Crippen LogP contribution in [0.4, 0.5) is 0 Å². The summed E-state index contributed by atoms with van der Waals surface area (Å²) in [5.41, 5.74) is 14.8. The lowest BCUT2D eigenvalue weighted by atomic mass is 9.84. The van der Waals surface area contributed by atoms with E-state index in [0.29, 0.717) is 35.5 Å². The number of allylic oxidation sites excluding steroid dienone is 6. The van der Waals surface area contributed by atoms with Gasteiger partial charge in [0, 0.05) is 33.4 Å². The molecule has 1 atom stereocenters. The van der Waals surface area contributed by atoms with Crippen molar-refractivity contribution in [3.8, 4) is 35.0 Å². The normalized spacial score (nSPS) is 16.4. The van der Waals surface area contributed by atoms with Crippen molar-refractivity contribution in [1.29, 1.82) is 15.8 Å². The first-order chi connectivity index (χ1) is 25.1. The molecule has 5 heteroatoms. The van der Waals surface area contributed by atoms with Crippen molar-refractivity contribution in [2.75, 3.05) is 0 Å². The van der Waals surface area contributed by atoms with Gasteiger partial charge in [-0.1, -0.05) is 73.7 Å². The fraction of sp³-hybridized carbons (Fsp3) is 0.152. The van der Waals surface area contributed by atoms with E-state index in [2.05, 4.69) is 101 Å². The molecular weight excluding hydrogens is 623 g/mol. The molecule has 0 saturated heterocycles. The van der Waals surface area contributed by atoms with Crippen LogP contribution in [-0.2, 0) is 12.8 Å². The van der Waals surface area contributed by atoms with E-state index < -0.39 is 0 Å². The highest BCUT2D eigenvalue weighted by atomic mass is 15.0. The van der Waals surface area contributed by atoms with Gasteiger partial charge in [0.2, 0.25) is 0 Å². The van der Waals surface area contributed by atoms with Crippen molar-refractivity contribution in [2.24, 2.45) is 5.92 Å². The first-order valence-electron chi connectivity index (χ1n) is 17.6. The summed E-state index contributed by atoms with van der Waals surface area (Å²) in [7, 11) is 0. The minimum atomic E-state index is 0.522. The number of benzene rings is 4. The fourth-order valence-corrected chi connectivity index (χ4v) is 8.53. The van der Waals surface area contributed by atoms with Crippen molar-refractivity contribution in [3.63, 3.8) is 0 Å². The highest BCUT2D eigenvalue weighted by Crippen LogP contribution is 2.45. The van der Waals surface area contributed by atoms with Crippen LogP contribution in [0.2, 0.25) is 0 Å². The third-order valence-electron chi connectivity index (χ3n) is 10.7. The molecule has 2 aromatic heterocycles. The highest BCUT2D eigenvalue weighted by molar-refractivity contribution is 6.14. The lowest BCUT2D eigenvalue weighted by molar-refractivity contribution is 0.714. The molecular formula is C46H33N5. The molecule has 9 rings (SSSR count). The van der Waals surface area contributed by atoms with Crippen molar-refractivity contribution >= 4 is 45.2 Å². The minimum Gasteiger partial charge on any atom is -0.313 e. The second-order valence-electron chi connectivity index (χ2n) is 13.7. The molecule has 5 nitrogen and oxygen atoms in total. The predicted molar refractivity (Wildman–Crippen MR) is 205 cm³/mol. The Morgan fingerprint density at radius 3 is 2.41 bits per heavy atom. The monoisotopic (exact) mass is 655 g/mol. The maximum Gasteiger partial charge on any atom is 0.101 e. The summed E-state index contributed by atoms with van der Waals surface area (Å²) >= 11 is 0. The molecule has 0 N–H and O–H groups in total. The van der Waals surface area contributed by atoms with Crippen LogP contribution in [0.5, 0.6) is 0 Å². The van der Waals surface area contributed by atoms with Crippen LogP contribution in [0.25, 0.3) is 62.0 Å². The number of hydrogen-bond acceptors (Lipinski definition) is 3. The first-order valence-corrected chi connectivity index (χ1v) is 17.6. The number of para-hydroxylation sites is 1. The zero-order valence-electron chi connectivity index (χ0n) is 28.3. The van der Waals surface area contributed by atoms with E-state index in [1.165, 1.54) is 22.5 Å². The van der Waals surface area contributed by atoms with Crippen LogP contribution in [0.15, 0.2) is 109 Å². The molecule has 242 valence electrons. The van der Waals surface area contributed by atoms with Gasteiger partial charge in [0.05, 0.1) is 45.6 Å². The Balaban J connectivity index is 1.26. The van der Waals surface area contributed by atoms with Gasteiger partial charge in [-0.05, 0) is 114 Å². The number of nitrogens with zero attached hydrogens (tertiary/aromatic N) is 5. The van der Waals surface area contributed by atoms with Gasteiger partial charge in [-0.25, -0.2) is 0 Å². The predicted octanol–water partition coefficient (Wildman–Crippen LogP) is 10.8. The summed E-state index contributed by atoms with van der Waals surface area (Å²) in [6.07, 6.45) is 15.7. The van der Waals surface area contributed by atoms with Crippen LogP contribution in [0, 0.1) is 39.9 Å². The van der Waals surface area contributed by atoms with Crippen LogP contribution < -0.4 is 0 Å². The number of fused-ring (bicyclic) bond motifs is 6. The lowest BCUT2D eigenvalue weighted by Gasteiger charge is -2.24. The summed E-state index contributed by atoms with van der Waals surface area (Å²) in [4.78, 5) is 0. The topological polar surface area (TPSA) is 81.2 Å². The van der Waals surface area contributed by atoms with E-state index in [0.717, 1.165) is 74.7 Å². The van der Waals surface area contributed by atoms with Crippen molar-refractivity contribution in [2.45, 2.75) is 39.0 Å². The number of nitriles is 3. The molecule has 6 aromatic rings. The third-order valence-corrected chi connectivity index (χ3v) is 10.7. The summed E-state index contributed by atoms with van der Waals surface area (Å²) in [5, 5.41) is 32.8. The van der Waals surface area contributed by atoms with E-state index in [-0.39, 0.29) is 0 Å². The second-order valence-corrected chi connectivity index (χ2v) is 13.7. The van der Waals surface area contributed by atoms with Gasteiger partial charge in [0.1, 0.15) is 6.07 Å². The Kier molecular flexibility index (Phi) is 7.20. The Labute approximate surface area is 297 Å². The van der Waals surface area contributed by atoms with E-state index in [1.54, 1.807) is 0 Å². The van der Waals surface area contributed by atoms with Gasteiger partial charge in [-0.3, -0.25) is 0 Å². The van der Waals surface area contributed by atoms with Gasteiger partial charge < -0.3 is 9.13 Å². The average Bonchev–Trinajstić information content (AvgIpc) is 3.69. The van der Waals surface area contributed by atoms with Crippen LogP contribution in [0.1, 0.15) is 65.4 Å². The second kappa shape index (κ2) is 12.1. The molecule has 0 bridgehead atoms. The minimum absolute atomic E-state index is 0.522. The quantitative estimate of drug-likeness (QED) is 0.189. The maximum absolute atomic E-state index is 10.6. The SMILES string of the molecule is CC1C=Cc2c(c3c(n2-c2ccc(-c4cccc(C#N)c4C4=C(n5c6ccccc6c6cc(C#N)ccc65)C(C#N)=CCC4)cc2)CCC=C3)C1. The Morgan fingerprint density at radius 2 is 1.59 bits per heavy atom. The van der Waals surface area contributed by atoms with Gasteiger partial charge in [0.15, 0.2) is 0 Å². The van der Waals surface area contributed by atoms with Gasteiger partial charge in [0.25, 0.3) is 0 Å². The van der Waals surface area contributed by atoms with E-state index >= 15 is 0 Å². The first kappa shape index (κ1) is 30.4. The molecule has 0 fully saturated rings. The number of rotatable bonds is 4. The van der Waals surface area contributed by atoms with E-state index in [1.807, 2.05) is 48.5 Å². The molecule has 51 heavy (non-hydrogen) atoms. The fourth-order valence-electron chi connectivity index (χ4n) is 8.53. The molecule has 2 heterocycles. The zero-order chi connectivity index (χ0) is 34.6. The van der Waals surface area contributed by atoms with Gasteiger partial charge >= 0.3 is 0 Å². The molecule has 1 unspecified atom stereocenters. The Hall–Kier alpha value is -6.61. The molecule has 4 aromatic carbocycles. The Bertz CT molecular complexity index is 2700. The third kappa shape index (κ3) is 4.73. The lowest BCUT2D eigenvalue weighted by Crippen LogP contribution is -2.09. The molecule has 3 aliphatic carbocycles. The average molecular weight is 656 g/mol. The van der Waals surface area contributed by atoms with Crippen LogP contribution >= 0.6 is 0 Å². The maximum atomic E-state index is 10.6. The molecule has 0 aliphatic heterocycles. The number of aromatic nitrogens is 2. The summed E-state index contributed by atoms with van der Waals surface area (Å²) < 4.78 is 4.61. The van der Waals surface area contributed by atoms with Crippen LogP contribution in [-0.4, -0.2) is 9.13 Å². The van der Waals surface area contributed by atoms with Gasteiger partial charge in [-0.2, -0.15) is 15.8 Å². The van der Waals surface area contributed by atoms with Crippen LogP contribution in [0.3, 0.4) is 0 Å². The Morgan fingerprint density at radius 1 is 0.745 bits per heavy atom. The van der Waals surface area contributed by atoms with Crippen molar-refractivity contribution in [3.05, 3.63) is 148 Å². The van der Waals surface area contributed by atoms with Crippen molar-refractivity contribution in [1.82, 2.24) is 9.13 Å². The van der Waals surface area contributed by atoms with E-state index in [9.17, 15) is 15.8 Å². The molecule has 0 amide bonds. The zero-order valence-corrected chi connectivity index (χ0v) is 28.3. The van der Waals surface area contributed by atoms with Gasteiger partial charge in [-0.15, -0.1) is 0 Å². The summed E-state index contributed by atoms with van der Waals surface area (Å²) in [6, 6.07) is 35.8. The van der Waals surface area contributed by atoms with Crippen molar-refractivity contribution < 1.29 is 0 Å². The smallest absolute Gasteiger partial charge is 0.101 e. The molecule has 0 saturated carbocycles. The highest BCUT2D eigenvalue weighted by Gasteiger charge is 2.28. The summed E-state index contributed by atoms with van der Waals surface area (Å²) in [6.45, 7) is 2.28.